The lowest BCUT2D eigenvalue weighted by molar-refractivity contribution is 0.0951. The predicted octanol–water partition coefficient (Wildman–Crippen LogP) is 2.85. The first-order chi connectivity index (χ1) is 10.5. The number of hydrogen-bond acceptors (Lipinski definition) is 4. The molecule has 0 fully saturated rings. The van der Waals surface area contributed by atoms with E-state index in [2.05, 4.69) is 24.1 Å². The van der Waals surface area contributed by atoms with Crippen LogP contribution in [0, 0.1) is 0 Å². The van der Waals surface area contributed by atoms with E-state index < -0.39 is 6.10 Å². The second-order valence-corrected chi connectivity index (χ2v) is 6.85. The Morgan fingerprint density at radius 2 is 2.00 bits per heavy atom. The molecule has 2 unspecified atom stereocenters. The third-order valence-corrected chi connectivity index (χ3v) is 4.88. The number of aliphatic hydroxyl groups is 1. The third-order valence-electron chi connectivity index (χ3n) is 3.35. The van der Waals surface area contributed by atoms with E-state index in [0.717, 1.165) is 13.1 Å². The molecule has 1 aromatic rings. The number of halogens is 1. The van der Waals surface area contributed by atoms with Crippen LogP contribution in [0.15, 0.2) is 24.3 Å². The smallest absolute Gasteiger partial charge is 0.253 e. The number of rotatable bonds is 9. The van der Waals surface area contributed by atoms with Crippen LogP contribution in [0.5, 0.6) is 0 Å². The average Bonchev–Trinajstić information content (AvgIpc) is 2.50. The zero-order chi connectivity index (χ0) is 16.5. The Bertz CT molecular complexity index is 469. The first-order valence-electron chi connectivity index (χ1n) is 7.55. The zero-order valence-electron chi connectivity index (χ0n) is 13.4. The summed E-state index contributed by atoms with van der Waals surface area (Å²) in [5, 5.41) is 13.3. The molecule has 0 saturated heterocycles. The molecule has 0 aliphatic rings. The molecule has 0 aliphatic heterocycles. The van der Waals surface area contributed by atoms with Crippen LogP contribution in [0.4, 0.5) is 0 Å². The van der Waals surface area contributed by atoms with Gasteiger partial charge in [-0.25, -0.2) is 0 Å². The molecule has 22 heavy (non-hydrogen) atoms. The van der Waals surface area contributed by atoms with Crippen LogP contribution in [-0.2, 0) is 0 Å². The molecule has 0 aliphatic carbocycles. The summed E-state index contributed by atoms with van der Waals surface area (Å²) in [4.78, 5) is 14.3. The summed E-state index contributed by atoms with van der Waals surface area (Å²) in [5.41, 5.74) is 0.473. The number of aliphatic hydroxyl groups excluding tert-OH is 1. The van der Waals surface area contributed by atoms with Crippen LogP contribution >= 0.6 is 23.4 Å². The van der Waals surface area contributed by atoms with Crippen molar-refractivity contribution in [3.05, 3.63) is 34.9 Å². The molecule has 0 spiro atoms. The van der Waals surface area contributed by atoms with Gasteiger partial charge in [-0.15, -0.1) is 11.8 Å². The third kappa shape index (κ3) is 6.57. The van der Waals surface area contributed by atoms with E-state index in [1.54, 1.807) is 24.3 Å². The summed E-state index contributed by atoms with van der Waals surface area (Å²) in [6.45, 7) is 8.58. The fourth-order valence-electron chi connectivity index (χ4n) is 2.04. The number of benzene rings is 1. The van der Waals surface area contributed by atoms with Crippen molar-refractivity contribution >= 4 is 29.3 Å². The summed E-state index contributed by atoms with van der Waals surface area (Å²) in [6, 6.07) is 6.97. The van der Waals surface area contributed by atoms with Gasteiger partial charge in [0, 0.05) is 12.3 Å². The van der Waals surface area contributed by atoms with E-state index in [9.17, 15) is 9.90 Å². The van der Waals surface area contributed by atoms with E-state index in [0.29, 0.717) is 22.9 Å². The second kappa shape index (κ2) is 10.1. The lowest BCUT2D eigenvalue weighted by Crippen LogP contribution is -2.35. The highest BCUT2D eigenvalue weighted by Gasteiger charge is 2.15. The van der Waals surface area contributed by atoms with Gasteiger partial charge in [0.25, 0.3) is 5.91 Å². The molecule has 124 valence electrons. The molecule has 0 aromatic heterocycles. The van der Waals surface area contributed by atoms with Crippen molar-refractivity contribution in [1.82, 2.24) is 10.2 Å². The maximum Gasteiger partial charge on any atom is 0.253 e. The molecule has 0 bridgehead atoms. The molecule has 1 rings (SSSR count). The molecule has 1 aromatic carbocycles. The van der Waals surface area contributed by atoms with E-state index >= 15 is 0 Å². The molecule has 0 saturated carbocycles. The Labute approximate surface area is 142 Å². The van der Waals surface area contributed by atoms with Gasteiger partial charge < -0.3 is 15.3 Å². The Kier molecular flexibility index (Phi) is 8.86. The van der Waals surface area contributed by atoms with Crippen LogP contribution in [0.3, 0.4) is 0 Å². The lowest BCUT2D eigenvalue weighted by Gasteiger charge is -2.22. The maximum absolute atomic E-state index is 12.1. The number of nitrogens with one attached hydrogen (secondary N) is 1. The minimum Gasteiger partial charge on any atom is -0.391 e. The van der Waals surface area contributed by atoms with Crippen molar-refractivity contribution in [1.29, 1.82) is 0 Å². The Morgan fingerprint density at radius 1 is 1.36 bits per heavy atom. The zero-order valence-corrected chi connectivity index (χ0v) is 15.0. The van der Waals surface area contributed by atoms with Crippen molar-refractivity contribution in [2.75, 3.05) is 25.4 Å². The summed E-state index contributed by atoms with van der Waals surface area (Å²) in [6.07, 6.45) is -0.399. The van der Waals surface area contributed by atoms with E-state index in [-0.39, 0.29) is 11.3 Å². The van der Waals surface area contributed by atoms with Crippen LogP contribution in [0.2, 0.25) is 5.02 Å². The molecule has 6 heteroatoms. The minimum absolute atomic E-state index is 0.0878. The van der Waals surface area contributed by atoms with Gasteiger partial charge >= 0.3 is 0 Å². The van der Waals surface area contributed by atoms with E-state index in [1.807, 2.05) is 6.92 Å². The van der Waals surface area contributed by atoms with E-state index in [4.69, 9.17) is 11.6 Å². The molecule has 0 radical (unpaired) electrons. The summed E-state index contributed by atoms with van der Waals surface area (Å²) >= 11 is 7.53. The van der Waals surface area contributed by atoms with Crippen LogP contribution in [0.25, 0.3) is 0 Å². The molecule has 1 amide bonds. The first-order valence-corrected chi connectivity index (χ1v) is 8.98. The monoisotopic (exact) mass is 344 g/mol. The van der Waals surface area contributed by atoms with Gasteiger partial charge in [0.05, 0.1) is 22.1 Å². The van der Waals surface area contributed by atoms with Crippen molar-refractivity contribution < 1.29 is 9.90 Å². The maximum atomic E-state index is 12.1. The van der Waals surface area contributed by atoms with Crippen molar-refractivity contribution in [3.8, 4) is 0 Å². The summed E-state index contributed by atoms with van der Waals surface area (Å²) in [5.74, 6) is 0.393. The van der Waals surface area contributed by atoms with Crippen LogP contribution in [-0.4, -0.2) is 52.8 Å². The molecular weight excluding hydrogens is 320 g/mol. The lowest BCUT2D eigenvalue weighted by atomic mass is 10.2. The normalized spacial score (nSPS) is 13.9. The number of likely N-dealkylation sites (N-methyl/N-ethyl adjacent to an activating group) is 1. The standard InChI is InChI=1S/C16H25ClN2O2S/c1-4-19(5-2)10-13(20)11-22-12(3)18-16(21)14-8-6-7-9-15(14)17/h6-9,12-13,20H,4-5,10-11H2,1-3H3,(H,18,21). The topological polar surface area (TPSA) is 52.6 Å². The van der Waals surface area contributed by atoms with Gasteiger partial charge in [-0.1, -0.05) is 37.6 Å². The van der Waals surface area contributed by atoms with Gasteiger partial charge in [0.1, 0.15) is 0 Å². The first kappa shape index (κ1) is 19.3. The Hall–Kier alpha value is -0.750. The van der Waals surface area contributed by atoms with Gasteiger partial charge in [0.2, 0.25) is 0 Å². The molecule has 2 atom stereocenters. The summed E-state index contributed by atoms with van der Waals surface area (Å²) < 4.78 is 0. The molecule has 2 N–H and O–H groups in total. The highest BCUT2D eigenvalue weighted by molar-refractivity contribution is 7.99. The number of carbonyl (C=O) groups is 1. The van der Waals surface area contributed by atoms with E-state index in [1.165, 1.54) is 11.8 Å². The van der Waals surface area contributed by atoms with Crippen LogP contribution in [0.1, 0.15) is 31.1 Å². The van der Waals surface area contributed by atoms with Gasteiger partial charge in [0.15, 0.2) is 0 Å². The second-order valence-electron chi connectivity index (χ2n) is 5.07. The summed E-state index contributed by atoms with van der Waals surface area (Å²) in [7, 11) is 0. The minimum atomic E-state index is -0.399. The van der Waals surface area contributed by atoms with Crippen LogP contribution < -0.4 is 5.32 Å². The number of nitrogens with zero attached hydrogens (tertiary/aromatic N) is 1. The molecule has 0 heterocycles. The van der Waals surface area contributed by atoms with Gasteiger partial charge in [-0.05, 0) is 32.1 Å². The van der Waals surface area contributed by atoms with Gasteiger partial charge in [-0.2, -0.15) is 0 Å². The quantitative estimate of drug-likeness (QED) is 0.676. The fraction of sp³-hybridized carbons (Fsp3) is 0.562. The highest BCUT2D eigenvalue weighted by Crippen LogP contribution is 2.16. The highest BCUT2D eigenvalue weighted by atomic mass is 35.5. The number of thioether (sulfide) groups is 1. The Morgan fingerprint density at radius 3 is 2.59 bits per heavy atom. The molecule has 4 nitrogen and oxygen atoms in total. The van der Waals surface area contributed by atoms with Gasteiger partial charge in [-0.3, -0.25) is 4.79 Å². The SMILES string of the molecule is CCN(CC)CC(O)CSC(C)NC(=O)c1ccccc1Cl. The predicted molar refractivity (Wildman–Crippen MR) is 94.6 cm³/mol. The largest absolute Gasteiger partial charge is 0.391 e. The van der Waals surface area contributed by atoms with Crippen molar-refractivity contribution in [2.24, 2.45) is 0 Å². The van der Waals surface area contributed by atoms with Crippen molar-refractivity contribution in [2.45, 2.75) is 32.2 Å². The molecular formula is C16H25ClN2O2S. The number of hydrogen-bond donors (Lipinski definition) is 2. The fourth-order valence-corrected chi connectivity index (χ4v) is 3.07. The number of amides is 1. The number of carbonyl (C=O) groups excluding carboxylic acids is 1. The van der Waals surface area contributed by atoms with Crippen molar-refractivity contribution in [3.63, 3.8) is 0 Å². The average molecular weight is 345 g/mol. The Balaban J connectivity index is 2.38.